The lowest BCUT2D eigenvalue weighted by atomic mass is 10.2. The van der Waals surface area contributed by atoms with Crippen molar-refractivity contribution < 1.29 is 9.53 Å². The Kier molecular flexibility index (Phi) is 9.28. The lowest BCUT2D eigenvalue weighted by molar-refractivity contribution is -0.142. The topological polar surface area (TPSA) is 26.3 Å². The fraction of sp³-hybridized carbons (Fsp3) is 0.583. The average molecular weight is 196 g/mol. The SMILES string of the molecule is C=CCCCC=CCCC(=O)OCC. The number of carbonyl (C=O) groups excluding carboxylic acids is 1. The van der Waals surface area contributed by atoms with E-state index in [1.165, 1.54) is 0 Å². The van der Waals surface area contributed by atoms with Gasteiger partial charge in [-0.1, -0.05) is 18.2 Å². The summed E-state index contributed by atoms with van der Waals surface area (Å²) in [4.78, 5) is 10.9. The third-order valence-electron chi connectivity index (χ3n) is 1.77. The van der Waals surface area contributed by atoms with E-state index in [1.807, 2.05) is 19.1 Å². The second-order valence-electron chi connectivity index (χ2n) is 3.03. The molecule has 0 amide bonds. The summed E-state index contributed by atoms with van der Waals surface area (Å²) >= 11 is 0. The van der Waals surface area contributed by atoms with Crippen molar-refractivity contribution >= 4 is 5.97 Å². The van der Waals surface area contributed by atoms with Gasteiger partial charge in [0, 0.05) is 6.42 Å². The highest BCUT2D eigenvalue weighted by Crippen LogP contribution is 2.00. The maximum Gasteiger partial charge on any atom is 0.306 e. The fourth-order valence-corrected chi connectivity index (χ4v) is 1.05. The predicted octanol–water partition coefficient (Wildman–Crippen LogP) is 3.24. The first kappa shape index (κ1) is 12.9. The molecule has 80 valence electrons. The molecule has 0 saturated carbocycles. The molecule has 0 unspecified atom stereocenters. The molecule has 14 heavy (non-hydrogen) atoms. The Hall–Kier alpha value is -1.05. The smallest absolute Gasteiger partial charge is 0.306 e. The van der Waals surface area contributed by atoms with Crippen molar-refractivity contribution in [2.75, 3.05) is 6.61 Å². The molecule has 0 saturated heterocycles. The molecule has 2 nitrogen and oxygen atoms in total. The minimum Gasteiger partial charge on any atom is -0.466 e. The number of hydrogen-bond donors (Lipinski definition) is 0. The molecule has 0 radical (unpaired) electrons. The van der Waals surface area contributed by atoms with E-state index in [0.29, 0.717) is 13.0 Å². The standard InChI is InChI=1S/C12H20O2/c1-3-5-6-7-8-9-10-11-12(13)14-4-2/h3,8-9H,1,4-7,10-11H2,2H3. The van der Waals surface area contributed by atoms with Gasteiger partial charge in [-0.25, -0.2) is 0 Å². The Bertz CT molecular complexity index is 183. The largest absolute Gasteiger partial charge is 0.466 e. The van der Waals surface area contributed by atoms with Gasteiger partial charge in [-0.2, -0.15) is 0 Å². The van der Waals surface area contributed by atoms with E-state index < -0.39 is 0 Å². The molecule has 0 aliphatic rings. The Labute approximate surface area is 86.6 Å². The zero-order chi connectivity index (χ0) is 10.6. The summed E-state index contributed by atoms with van der Waals surface area (Å²) < 4.78 is 4.80. The Morgan fingerprint density at radius 2 is 2.00 bits per heavy atom. The molecule has 0 spiro atoms. The van der Waals surface area contributed by atoms with Crippen LogP contribution < -0.4 is 0 Å². The van der Waals surface area contributed by atoms with E-state index >= 15 is 0 Å². The van der Waals surface area contributed by atoms with Crippen molar-refractivity contribution in [2.24, 2.45) is 0 Å². The molecule has 2 heteroatoms. The van der Waals surface area contributed by atoms with E-state index in [9.17, 15) is 4.79 Å². The van der Waals surface area contributed by atoms with Gasteiger partial charge < -0.3 is 4.74 Å². The third-order valence-corrected chi connectivity index (χ3v) is 1.77. The van der Waals surface area contributed by atoms with Gasteiger partial charge in [-0.05, 0) is 32.6 Å². The first-order valence-electron chi connectivity index (χ1n) is 5.22. The zero-order valence-corrected chi connectivity index (χ0v) is 9.00. The highest BCUT2D eigenvalue weighted by molar-refractivity contribution is 5.69. The van der Waals surface area contributed by atoms with E-state index in [4.69, 9.17) is 4.74 Å². The Morgan fingerprint density at radius 3 is 2.64 bits per heavy atom. The van der Waals surface area contributed by atoms with Crippen LogP contribution in [-0.2, 0) is 9.53 Å². The summed E-state index contributed by atoms with van der Waals surface area (Å²) in [6, 6.07) is 0. The molecular weight excluding hydrogens is 176 g/mol. The van der Waals surface area contributed by atoms with Crippen LogP contribution in [0, 0.1) is 0 Å². The van der Waals surface area contributed by atoms with E-state index in [-0.39, 0.29) is 5.97 Å². The molecule has 0 aliphatic carbocycles. The molecule has 0 N–H and O–H groups in total. The van der Waals surface area contributed by atoms with Crippen LogP contribution in [-0.4, -0.2) is 12.6 Å². The summed E-state index contributed by atoms with van der Waals surface area (Å²) in [5, 5.41) is 0. The minimum absolute atomic E-state index is 0.108. The number of rotatable bonds is 8. The van der Waals surface area contributed by atoms with Crippen molar-refractivity contribution in [1.29, 1.82) is 0 Å². The molecule has 0 atom stereocenters. The molecule has 0 aromatic heterocycles. The van der Waals surface area contributed by atoms with Gasteiger partial charge in [0.05, 0.1) is 6.61 Å². The van der Waals surface area contributed by atoms with Gasteiger partial charge in [0.25, 0.3) is 0 Å². The van der Waals surface area contributed by atoms with Crippen LogP contribution in [0.5, 0.6) is 0 Å². The number of unbranched alkanes of at least 4 members (excludes halogenated alkanes) is 2. The summed E-state index contributed by atoms with van der Waals surface area (Å²) in [6.45, 7) is 5.95. The fourth-order valence-electron chi connectivity index (χ4n) is 1.05. The number of allylic oxidation sites excluding steroid dienone is 3. The summed E-state index contributed by atoms with van der Waals surface area (Å²) in [5.41, 5.74) is 0. The van der Waals surface area contributed by atoms with Crippen LogP contribution >= 0.6 is 0 Å². The lowest BCUT2D eigenvalue weighted by Gasteiger charge is -1.97. The van der Waals surface area contributed by atoms with E-state index in [0.717, 1.165) is 25.7 Å². The van der Waals surface area contributed by atoms with Crippen molar-refractivity contribution in [3.8, 4) is 0 Å². The highest BCUT2D eigenvalue weighted by Gasteiger charge is 1.97. The van der Waals surface area contributed by atoms with Gasteiger partial charge in [-0.3, -0.25) is 4.79 Å². The summed E-state index contributed by atoms with van der Waals surface area (Å²) in [6.07, 6.45) is 10.6. The molecule has 0 aromatic rings. The molecule has 0 aliphatic heterocycles. The highest BCUT2D eigenvalue weighted by atomic mass is 16.5. The number of esters is 1. The predicted molar refractivity (Wildman–Crippen MR) is 59.1 cm³/mol. The second-order valence-corrected chi connectivity index (χ2v) is 3.03. The molecule has 0 heterocycles. The van der Waals surface area contributed by atoms with Crippen LogP contribution in [0.25, 0.3) is 0 Å². The van der Waals surface area contributed by atoms with Crippen LogP contribution in [0.3, 0.4) is 0 Å². The molecule has 0 fully saturated rings. The molecular formula is C12H20O2. The Balaban J connectivity index is 3.25. The first-order valence-corrected chi connectivity index (χ1v) is 5.22. The molecule has 0 bridgehead atoms. The first-order chi connectivity index (χ1) is 6.81. The number of ether oxygens (including phenoxy) is 1. The van der Waals surface area contributed by atoms with Crippen LogP contribution in [0.2, 0.25) is 0 Å². The van der Waals surface area contributed by atoms with Crippen LogP contribution in [0.1, 0.15) is 39.0 Å². The average Bonchev–Trinajstić information content (AvgIpc) is 2.17. The number of carbonyl (C=O) groups is 1. The normalized spacial score (nSPS) is 10.4. The minimum atomic E-state index is -0.108. The monoisotopic (exact) mass is 196 g/mol. The maximum absolute atomic E-state index is 10.9. The van der Waals surface area contributed by atoms with E-state index in [2.05, 4.69) is 12.7 Å². The van der Waals surface area contributed by atoms with Crippen LogP contribution in [0.15, 0.2) is 24.8 Å². The number of hydrogen-bond acceptors (Lipinski definition) is 2. The van der Waals surface area contributed by atoms with Crippen molar-refractivity contribution in [2.45, 2.75) is 39.0 Å². The zero-order valence-electron chi connectivity index (χ0n) is 9.00. The Morgan fingerprint density at radius 1 is 1.29 bits per heavy atom. The van der Waals surface area contributed by atoms with Gasteiger partial charge >= 0.3 is 5.97 Å². The maximum atomic E-state index is 10.9. The van der Waals surface area contributed by atoms with Gasteiger partial charge in [0.15, 0.2) is 0 Å². The second kappa shape index (κ2) is 10.0. The molecule has 0 rings (SSSR count). The van der Waals surface area contributed by atoms with Gasteiger partial charge in [0.2, 0.25) is 0 Å². The van der Waals surface area contributed by atoms with Crippen molar-refractivity contribution in [1.82, 2.24) is 0 Å². The third kappa shape index (κ3) is 9.04. The van der Waals surface area contributed by atoms with Crippen LogP contribution in [0.4, 0.5) is 0 Å². The summed E-state index contributed by atoms with van der Waals surface area (Å²) in [7, 11) is 0. The van der Waals surface area contributed by atoms with Crippen molar-refractivity contribution in [3.63, 3.8) is 0 Å². The summed E-state index contributed by atoms with van der Waals surface area (Å²) in [5.74, 6) is -0.108. The quantitative estimate of drug-likeness (QED) is 0.338. The lowest BCUT2D eigenvalue weighted by Crippen LogP contribution is -2.02. The van der Waals surface area contributed by atoms with Gasteiger partial charge in [0.1, 0.15) is 0 Å². The van der Waals surface area contributed by atoms with E-state index in [1.54, 1.807) is 0 Å². The molecule has 0 aromatic carbocycles. The van der Waals surface area contributed by atoms with Crippen molar-refractivity contribution in [3.05, 3.63) is 24.8 Å². The van der Waals surface area contributed by atoms with Gasteiger partial charge in [-0.15, -0.1) is 6.58 Å².